The second-order valence-corrected chi connectivity index (χ2v) is 13.5. The lowest BCUT2D eigenvalue weighted by Crippen LogP contribution is -2.24. The van der Waals surface area contributed by atoms with E-state index in [0.717, 1.165) is 62.9 Å². The number of benzene rings is 6. The number of hydrogen-bond acceptors (Lipinski definition) is 3. The first-order chi connectivity index (χ1) is 23.9. The number of aromatic nitrogens is 4. The third kappa shape index (κ3) is 4.68. The van der Waals surface area contributed by atoms with Gasteiger partial charge in [0.2, 0.25) is 0 Å². The van der Waals surface area contributed by atoms with E-state index in [9.17, 15) is 0 Å². The SMILES string of the molecule is CCn1c(-c2ccc(-c3ccc4c(c3)C(C)(C)c3cc(-c5ccc(-c6nc7ccccc7n6C)cc5)ccc3O4)cc2)nc2ccccc21. The number of ether oxygens (including phenoxy) is 1. The molecule has 6 aromatic carbocycles. The highest BCUT2D eigenvalue weighted by Crippen LogP contribution is 2.50. The first kappa shape index (κ1) is 29.2. The highest BCUT2D eigenvalue weighted by molar-refractivity contribution is 5.83. The van der Waals surface area contributed by atoms with Crippen molar-refractivity contribution >= 4 is 22.1 Å². The topological polar surface area (TPSA) is 44.9 Å². The monoisotopic (exact) mass is 636 g/mol. The van der Waals surface area contributed by atoms with Gasteiger partial charge in [0.15, 0.2) is 0 Å². The van der Waals surface area contributed by atoms with Crippen LogP contribution in [0, 0.1) is 0 Å². The van der Waals surface area contributed by atoms with E-state index in [1.807, 2.05) is 12.1 Å². The number of aryl methyl sites for hydroxylation is 2. The molecule has 0 fully saturated rings. The van der Waals surface area contributed by atoms with Crippen LogP contribution in [-0.4, -0.2) is 19.1 Å². The summed E-state index contributed by atoms with van der Waals surface area (Å²) in [6, 6.07) is 47.3. The van der Waals surface area contributed by atoms with E-state index in [4.69, 9.17) is 14.7 Å². The van der Waals surface area contributed by atoms with Crippen molar-refractivity contribution < 1.29 is 4.74 Å². The van der Waals surface area contributed by atoms with Gasteiger partial charge in [-0.15, -0.1) is 0 Å². The molecule has 0 spiro atoms. The molecule has 0 saturated heterocycles. The number of fused-ring (bicyclic) bond motifs is 4. The van der Waals surface area contributed by atoms with Gasteiger partial charge in [-0.1, -0.05) is 98.8 Å². The molecule has 0 atom stereocenters. The molecular weight excluding hydrogens is 601 g/mol. The van der Waals surface area contributed by atoms with Gasteiger partial charge in [-0.25, -0.2) is 9.97 Å². The Morgan fingerprint density at radius 2 is 0.980 bits per heavy atom. The van der Waals surface area contributed by atoms with Crippen LogP contribution in [0.1, 0.15) is 31.9 Å². The normalized spacial score (nSPS) is 13.3. The van der Waals surface area contributed by atoms with Gasteiger partial charge in [0.1, 0.15) is 23.1 Å². The van der Waals surface area contributed by atoms with Crippen LogP contribution in [0.15, 0.2) is 133 Å². The summed E-state index contributed by atoms with van der Waals surface area (Å²) in [6.45, 7) is 7.64. The van der Waals surface area contributed by atoms with Crippen molar-refractivity contribution in [1.82, 2.24) is 19.1 Å². The van der Waals surface area contributed by atoms with Gasteiger partial charge in [-0.3, -0.25) is 0 Å². The molecule has 8 aromatic rings. The van der Waals surface area contributed by atoms with Crippen LogP contribution in [0.4, 0.5) is 0 Å². The smallest absolute Gasteiger partial charge is 0.141 e. The zero-order chi connectivity index (χ0) is 33.3. The van der Waals surface area contributed by atoms with Gasteiger partial charge in [0, 0.05) is 41.3 Å². The molecular formula is C44H36N4O. The molecule has 49 heavy (non-hydrogen) atoms. The minimum absolute atomic E-state index is 0.256. The molecule has 1 aliphatic rings. The van der Waals surface area contributed by atoms with Crippen molar-refractivity contribution in [3.8, 4) is 56.5 Å². The van der Waals surface area contributed by atoms with Crippen molar-refractivity contribution in [2.24, 2.45) is 7.05 Å². The van der Waals surface area contributed by atoms with Gasteiger partial charge in [0.25, 0.3) is 0 Å². The summed E-state index contributed by atoms with van der Waals surface area (Å²) in [5.74, 6) is 3.79. The van der Waals surface area contributed by atoms with Crippen LogP contribution in [0.2, 0.25) is 0 Å². The first-order valence-corrected chi connectivity index (χ1v) is 16.9. The number of para-hydroxylation sites is 4. The predicted octanol–water partition coefficient (Wildman–Crippen LogP) is 11.0. The highest BCUT2D eigenvalue weighted by atomic mass is 16.5. The van der Waals surface area contributed by atoms with Gasteiger partial charge in [-0.05, 0) is 77.7 Å². The van der Waals surface area contributed by atoms with E-state index < -0.39 is 0 Å². The molecule has 238 valence electrons. The molecule has 0 saturated carbocycles. The van der Waals surface area contributed by atoms with E-state index >= 15 is 0 Å². The van der Waals surface area contributed by atoms with Crippen LogP contribution < -0.4 is 4.74 Å². The fraction of sp³-hybridized carbons (Fsp3) is 0.136. The van der Waals surface area contributed by atoms with Crippen molar-refractivity contribution in [2.45, 2.75) is 32.7 Å². The lowest BCUT2D eigenvalue weighted by Gasteiger charge is -2.35. The number of rotatable bonds is 5. The molecule has 5 nitrogen and oxygen atoms in total. The Hall–Kier alpha value is -5.94. The molecule has 0 radical (unpaired) electrons. The van der Waals surface area contributed by atoms with Crippen LogP contribution in [0.25, 0.3) is 67.1 Å². The summed E-state index contributed by atoms with van der Waals surface area (Å²) in [5, 5.41) is 0. The second-order valence-electron chi connectivity index (χ2n) is 13.5. The van der Waals surface area contributed by atoms with Crippen molar-refractivity contribution in [3.05, 3.63) is 145 Å². The number of hydrogen-bond donors (Lipinski definition) is 0. The standard InChI is InChI=1S/C44H36N4O/c1-5-48-39-13-9-7-11-37(39)46-43(48)31-20-16-29(17-21-31)33-23-25-41-35(27-33)44(2,3)34-26-32(22-24-40(34)49-41)28-14-18-30(19-15-28)42-45-36-10-6-8-12-38(36)47(42)4/h6-27H,5H2,1-4H3. The Bertz CT molecular complexity index is 2530. The maximum atomic E-state index is 6.52. The Labute approximate surface area is 286 Å². The average Bonchev–Trinajstić information content (AvgIpc) is 3.69. The number of imidazole rings is 2. The zero-order valence-electron chi connectivity index (χ0n) is 28.1. The van der Waals surface area contributed by atoms with Crippen LogP contribution in [0.3, 0.4) is 0 Å². The minimum atomic E-state index is -0.256. The number of nitrogens with zero attached hydrogens (tertiary/aromatic N) is 4. The Kier molecular flexibility index (Phi) is 6.60. The van der Waals surface area contributed by atoms with Crippen molar-refractivity contribution in [1.29, 1.82) is 0 Å². The van der Waals surface area contributed by atoms with Crippen molar-refractivity contribution in [3.63, 3.8) is 0 Å². The Morgan fingerprint density at radius 1 is 0.531 bits per heavy atom. The summed E-state index contributed by atoms with van der Waals surface area (Å²) in [4.78, 5) is 9.84. The zero-order valence-corrected chi connectivity index (χ0v) is 28.1. The van der Waals surface area contributed by atoms with Crippen LogP contribution >= 0.6 is 0 Å². The van der Waals surface area contributed by atoms with E-state index in [-0.39, 0.29) is 5.41 Å². The maximum Gasteiger partial charge on any atom is 0.141 e. The molecule has 5 heteroatoms. The summed E-state index contributed by atoms with van der Waals surface area (Å²) >= 11 is 0. The lowest BCUT2D eigenvalue weighted by atomic mass is 9.74. The summed E-state index contributed by atoms with van der Waals surface area (Å²) in [6.07, 6.45) is 0. The van der Waals surface area contributed by atoms with Gasteiger partial charge in [0.05, 0.1) is 22.1 Å². The third-order valence-electron chi connectivity index (χ3n) is 10.2. The molecule has 0 bridgehead atoms. The average molecular weight is 637 g/mol. The summed E-state index contributed by atoms with van der Waals surface area (Å²) < 4.78 is 11.0. The molecule has 9 rings (SSSR count). The lowest BCUT2D eigenvalue weighted by molar-refractivity contribution is 0.418. The Morgan fingerprint density at radius 3 is 1.53 bits per heavy atom. The molecule has 0 amide bonds. The molecule has 1 aliphatic heterocycles. The minimum Gasteiger partial charge on any atom is -0.457 e. The molecule has 0 N–H and O–H groups in total. The molecule has 0 unspecified atom stereocenters. The maximum absolute atomic E-state index is 6.52. The quantitative estimate of drug-likeness (QED) is 0.189. The van der Waals surface area contributed by atoms with Gasteiger partial charge >= 0.3 is 0 Å². The third-order valence-corrected chi connectivity index (χ3v) is 10.2. The van der Waals surface area contributed by atoms with Crippen LogP contribution in [-0.2, 0) is 19.0 Å². The van der Waals surface area contributed by atoms with E-state index in [0.29, 0.717) is 0 Å². The van der Waals surface area contributed by atoms with E-state index in [2.05, 4.69) is 158 Å². The largest absolute Gasteiger partial charge is 0.457 e. The van der Waals surface area contributed by atoms with E-state index in [1.54, 1.807) is 0 Å². The predicted molar refractivity (Wildman–Crippen MR) is 200 cm³/mol. The molecule has 3 heterocycles. The second kappa shape index (κ2) is 11.1. The van der Waals surface area contributed by atoms with E-state index in [1.165, 1.54) is 33.3 Å². The Balaban J connectivity index is 1.02. The van der Waals surface area contributed by atoms with Crippen molar-refractivity contribution in [2.75, 3.05) is 0 Å². The van der Waals surface area contributed by atoms with Gasteiger partial charge < -0.3 is 13.9 Å². The summed E-state index contributed by atoms with van der Waals surface area (Å²) in [5.41, 5.74) is 13.3. The molecule has 0 aliphatic carbocycles. The first-order valence-electron chi connectivity index (χ1n) is 16.9. The fourth-order valence-electron chi connectivity index (χ4n) is 7.48. The summed E-state index contributed by atoms with van der Waals surface area (Å²) in [7, 11) is 2.08. The highest BCUT2D eigenvalue weighted by Gasteiger charge is 2.35. The van der Waals surface area contributed by atoms with Gasteiger partial charge in [-0.2, -0.15) is 0 Å². The molecule has 2 aromatic heterocycles. The van der Waals surface area contributed by atoms with Crippen LogP contribution in [0.5, 0.6) is 11.5 Å². The fourth-order valence-corrected chi connectivity index (χ4v) is 7.48.